The monoisotopic (exact) mass is 398 g/mol. The van der Waals surface area contributed by atoms with E-state index in [1.54, 1.807) is 12.4 Å². The van der Waals surface area contributed by atoms with E-state index in [9.17, 15) is 4.39 Å². The average Bonchev–Trinajstić information content (AvgIpc) is 2.91. The van der Waals surface area contributed by atoms with Crippen LogP contribution in [0.15, 0.2) is 24.5 Å². The molecular weight excluding hydrogens is 386 g/mol. The number of H-pyrrole nitrogens is 1. The van der Waals surface area contributed by atoms with Crippen molar-refractivity contribution in [2.75, 3.05) is 17.2 Å². The number of hydrogen-bond donors (Lipinski definition) is 3. The number of rotatable bonds is 4. The molecule has 2 heterocycles. The second-order valence-corrected chi connectivity index (χ2v) is 5.44. The lowest BCUT2D eigenvalue weighted by Gasteiger charge is -2.10. The maximum absolute atomic E-state index is 13.2. The van der Waals surface area contributed by atoms with Crippen LogP contribution in [0.4, 0.5) is 21.8 Å². The first kappa shape index (κ1) is 14.0. The van der Waals surface area contributed by atoms with Crippen molar-refractivity contribution in [1.82, 2.24) is 19.9 Å². The van der Waals surface area contributed by atoms with Crippen LogP contribution in [-0.2, 0) is 0 Å². The Balaban J connectivity index is 2.04. The van der Waals surface area contributed by atoms with Crippen LogP contribution in [0.5, 0.6) is 0 Å². The van der Waals surface area contributed by atoms with Crippen LogP contribution in [0.3, 0.4) is 0 Å². The van der Waals surface area contributed by atoms with Crippen molar-refractivity contribution >= 4 is 51.2 Å². The molecule has 3 aromatic rings. The van der Waals surface area contributed by atoms with E-state index in [-0.39, 0.29) is 5.82 Å². The fourth-order valence-corrected chi connectivity index (χ4v) is 2.49. The first-order valence-corrected chi connectivity index (χ1v) is 7.42. The summed E-state index contributed by atoms with van der Waals surface area (Å²) in [5.74, 6) is 0.822. The summed E-state index contributed by atoms with van der Waals surface area (Å²) >= 11 is 2.07. The molecule has 0 atom stereocenters. The summed E-state index contributed by atoms with van der Waals surface area (Å²) in [6, 6.07) is 4.54. The maximum atomic E-state index is 13.2. The Morgan fingerprint density at radius 3 is 2.95 bits per heavy atom. The molecule has 0 amide bonds. The minimum Gasteiger partial charge on any atom is -0.354 e. The highest BCUT2D eigenvalue weighted by Crippen LogP contribution is 2.26. The smallest absolute Gasteiger partial charge is 0.226 e. The lowest BCUT2D eigenvalue weighted by molar-refractivity contribution is 0.627. The van der Waals surface area contributed by atoms with E-state index < -0.39 is 0 Å². The molecule has 1 aromatic carbocycles. The SMILES string of the molecule is CCNc1nc(Nc2ccc(F)cc2I)c2[nH]cnc2n1. The first-order chi connectivity index (χ1) is 10.2. The normalized spacial score (nSPS) is 10.8. The fourth-order valence-electron chi connectivity index (χ4n) is 1.88. The quantitative estimate of drug-likeness (QED) is 0.588. The molecule has 6 nitrogen and oxygen atoms in total. The Kier molecular flexibility index (Phi) is 3.86. The predicted octanol–water partition coefficient (Wildman–Crippen LogP) is 3.27. The maximum Gasteiger partial charge on any atom is 0.226 e. The van der Waals surface area contributed by atoms with E-state index in [1.807, 2.05) is 6.92 Å². The van der Waals surface area contributed by atoms with Crippen molar-refractivity contribution < 1.29 is 4.39 Å². The Morgan fingerprint density at radius 1 is 1.33 bits per heavy atom. The molecule has 0 unspecified atom stereocenters. The molecule has 2 aromatic heterocycles. The third-order valence-electron chi connectivity index (χ3n) is 2.80. The van der Waals surface area contributed by atoms with Crippen LogP contribution >= 0.6 is 22.6 Å². The van der Waals surface area contributed by atoms with E-state index >= 15 is 0 Å². The number of aromatic amines is 1. The molecule has 0 spiro atoms. The Bertz CT molecular complexity index is 787. The molecule has 0 aliphatic rings. The van der Waals surface area contributed by atoms with Crippen molar-refractivity contribution in [2.24, 2.45) is 0 Å². The zero-order valence-corrected chi connectivity index (χ0v) is 13.3. The Hall–Kier alpha value is -1.97. The van der Waals surface area contributed by atoms with Gasteiger partial charge in [0.2, 0.25) is 5.95 Å². The van der Waals surface area contributed by atoms with Crippen LogP contribution < -0.4 is 10.6 Å². The number of hydrogen-bond acceptors (Lipinski definition) is 5. The Labute approximate surface area is 133 Å². The number of anilines is 3. The lowest BCUT2D eigenvalue weighted by Crippen LogP contribution is -2.05. The highest BCUT2D eigenvalue weighted by atomic mass is 127. The van der Waals surface area contributed by atoms with Gasteiger partial charge >= 0.3 is 0 Å². The largest absolute Gasteiger partial charge is 0.354 e. The van der Waals surface area contributed by atoms with Crippen LogP contribution in [0.2, 0.25) is 0 Å². The van der Waals surface area contributed by atoms with Gasteiger partial charge in [0.15, 0.2) is 11.5 Å². The molecule has 0 aliphatic carbocycles. The highest BCUT2D eigenvalue weighted by Gasteiger charge is 2.11. The number of fused-ring (bicyclic) bond motifs is 1. The van der Waals surface area contributed by atoms with Gasteiger partial charge in [0.1, 0.15) is 11.3 Å². The number of halogens is 2. The zero-order valence-electron chi connectivity index (χ0n) is 11.1. The van der Waals surface area contributed by atoms with Gasteiger partial charge in [-0.15, -0.1) is 0 Å². The molecule has 0 aliphatic heterocycles. The molecule has 0 bridgehead atoms. The second-order valence-electron chi connectivity index (χ2n) is 4.28. The van der Waals surface area contributed by atoms with Crippen molar-refractivity contribution in [3.63, 3.8) is 0 Å². The predicted molar refractivity (Wildman–Crippen MR) is 88.2 cm³/mol. The minimum atomic E-state index is -0.271. The number of nitrogens with one attached hydrogen (secondary N) is 3. The Morgan fingerprint density at radius 2 is 2.19 bits per heavy atom. The molecule has 3 rings (SSSR count). The zero-order chi connectivity index (χ0) is 14.8. The van der Waals surface area contributed by atoms with Crippen molar-refractivity contribution in [1.29, 1.82) is 0 Å². The first-order valence-electron chi connectivity index (χ1n) is 6.34. The van der Waals surface area contributed by atoms with Crippen LogP contribution in [0, 0.1) is 9.39 Å². The number of aromatic nitrogens is 4. The summed E-state index contributed by atoms with van der Waals surface area (Å²) in [4.78, 5) is 15.9. The van der Waals surface area contributed by atoms with Gasteiger partial charge in [0.05, 0.1) is 12.0 Å². The molecule has 0 saturated heterocycles. The molecule has 8 heteroatoms. The van der Waals surface area contributed by atoms with Gasteiger partial charge < -0.3 is 15.6 Å². The lowest BCUT2D eigenvalue weighted by atomic mass is 10.3. The fraction of sp³-hybridized carbons (Fsp3) is 0.154. The summed E-state index contributed by atoms with van der Waals surface area (Å²) in [7, 11) is 0. The molecule has 0 radical (unpaired) electrons. The van der Waals surface area contributed by atoms with Crippen LogP contribution in [0.1, 0.15) is 6.92 Å². The summed E-state index contributed by atoms with van der Waals surface area (Å²) in [5, 5.41) is 6.25. The standard InChI is InChI=1S/C13H12FIN6/c1-2-16-13-20-11-10(17-6-18-11)12(21-13)19-9-4-3-7(14)5-8(9)15/h3-6H,2H2,1H3,(H3,16,17,18,19,20,21). The summed E-state index contributed by atoms with van der Waals surface area (Å²) in [6.07, 6.45) is 1.57. The summed E-state index contributed by atoms with van der Waals surface area (Å²) < 4.78 is 13.9. The van der Waals surface area contributed by atoms with Crippen molar-refractivity contribution in [3.05, 3.63) is 33.9 Å². The van der Waals surface area contributed by atoms with E-state index in [4.69, 9.17) is 0 Å². The van der Waals surface area contributed by atoms with Crippen LogP contribution in [0.25, 0.3) is 11.2 Å². The molecule has 0 fully saturated rings. The number of nitrogens with zero attached hydrogens (tertiary/aromatic N) is 3. The summed E-state index contributed by atoms with van der Waals surface area (Å²) in [6.45, 7) is 2.68. The topological polar surface area (TPSA) is 78.5 Å². The van der Waals surface area contributed by atoms with Gasteiger partial charge in [0.25, 0.3) is 0 Å². The van der Waals surface area contributed by atoms with Crippen LogP contribution in [-0.4, -0.2) is 26.5 Å². The van der Waals surface area contributed by atoms with Crippen molar-refractivity contribution in [3.8, 4) is 0 Å². The van der Waals surface area contributed by atoms with E-state index in [0.717, 1.165) is 9.26 Å². The number of imidazole rings is 1. The van der Waals surface area contributed by atoms with Gasteiger partial charge in [-0.25, -0.2) is 9.37 Å². The van der Waals surface area contributed by atoms with Gasteiger partial charge in [-0.1, -0.05) is 0 Å². The molecule has 0 saturated carbocycles. The third kappa shape index (κ3) is 2.89. The molecular formula is C13H12FIN6. The van der Waals surface area contributed by atoms with Gasteiger partial charge in [-0.3, -0.25) is 0 Å². The molecule has 21 heavy (non-hydrogen) atoms. The average molecular weight is 398 g/mol. The second kappa shape index (κ2) is 5.80. The minimum absolute atomic E-state index is 0.271. The van der Waals surface area contributed by atoms with E-state index in [2.05, 4.69) is 53.2 Å². The van der Waals surface area contributed by atoms with Gasteiger partial charge in [-0.2, -0.15) is 9.97 Å². The van der Waals surface area contributed by atoms with Gasteiger partial charge in [0, 0.05) is 10.1 Å². The molecule has 3 N–H and O–H groups in total. The highest BCUT2D eigenvalue weighted by molar-refractivity contribution is 14.1. The van der Waals surface area contributed by atoms with Gasteiger partial charge in [-0.05, 0) is 47.7 Å². The number of benzene rings is 1. The molecule has 108 valence electrons. The van der Waals surface area contributed by atoms with E-state index in [0.29, 0.717) is 29.5 Å². The third-order valence-corrected chi connectivity index (χ3v) is 3.70. The van der Waals surface area contributed by atoms with Crippen molar-refractivity contribution in [2.45, 2.75) is 6.92 Å². The van der Waals surface area contributed by atoms with E-state index in [1.165, 1.54) is 12.1 Å². The summed E-state index contributed by atoms with van der Waals surface area (Å²) in [5.41, 5.74) is 2.05.